The Morgan fingerprint density at radius 2 is 1.85 bits per heavy atom. The van der Waals surface area contributed by atoms with Gasteiger partial charge in [0.25, 0.3) is 0 Å². The highest BCUT2D eigenvalue weighted by Crippen LogP contribution is 2.28. The average molecular weight is 386 g/mol. The highest BCUT2D eigenvalue weighted by molar-refractivity contribution is 8.00. The molecule has 1 heterocycles. The first-order chi connectivity index (χ1) is 12.0. The van der Waals surface area contributed by atoms with E-state index < -0.39 is 34.7 Å². The lowest BCUT2D eigenvalue weighted by Gasteiger charge is -2.17. The van der Waals surface area contributed by atoms with Crippen LogP contribution in [0.25, 0.3) is 0 Å². The van der Waals surface area contributed by atoms with Crippen LogP contribution in [0.15, 0.2) is 0 Å². The number of nitrogens with one attached hydrogen (secondary N) is 1. The molecule has 1 rings (SSSR count). The third-order valence-corrected chi connectivity index (χ3v) is 5.19. The van der Waals surface area contributed by atoms with Crippen molar-refractivity contribution in [3.05, 3.63) is 0 Å². The van der Waals surface area contributed by atoms with E-state index in [2.05, 4.69) is 5.32 Å². The summed E-state index contributed by atoms with van der Waals surface area (Å²) in [5.41, 5.74) is 0. The van der Waals surface area contributed by atoms with E-state index in [1.165, 1.54) is 0 Å². The topological polar surface area (TPSA) is 121 Å². The SMILES string of the molecule is CC(C)NC(=O)CCN1C(=O)CC(SCC(C(=O)O)C(=O)C(C)C)C1=O. The number of carboxylic acid groups (broad SMARTS) is 1. The van der Waals surface area contributed by atoms with Gasteiger partial charge in [0.2, 0.25) is 17.7 Å². The van der Waals surface area contributed by atoms with Gasteiger partial charge in [-0.2, -0.15) is 0 Å². The fourth-order valence-electron chi connectivity index (χ4n) is 2.52. The Hall–Kier alpha value is -1.90. The van der Waals surface area contributed by atoms with E-state index in [1.54, 1.807) is 13.8 Å². The van der Waals surface area contributed by atoms with Gasteiger partial charge in [-0.05, 0) is 13.8 Å². The van der Waals surface area contributed by atoms with Crippen LogP contribution >= 0.6 is 11.8 Å². The van der Waals surface area contributed by atoms with Crippen LogP contribution < -0.4 is 5.32 Å². The van der Waals surface area contributed by atoms with Gasteiger partial charge in [0.15, 0.2) is 0 Å². The van der Waals surface area contributed by atoms with Crippen molar-refractivity contribution in [2.24, 2.45) is 11.8 Å². The number of thioether (sulfide) groups is 1. The Balaban J connectivity index is 2.61. The van der Waals surface area contributed by atoms with E-state index in [0.29, 0.717) is 0 Å². The van der Waals surface area contributed by atoms with E-state index >= 15 is 0 Å². The summed E-state index contributed by atoms with van der Waals surface area (Å²) in [4.78, 5) is 60.3. The zero-order valence-electron chi connectivity index (χ0n) is 15.5. The van der Waals surface area contributed by atoms with Crippen LogP contribution in [0.5, 0.6) is 0 Å². The summed E-state index contributed by atoms with van der Waals surface area (Å²) >= 11 is 1.01. The monoisotopic (exact) mass is 386 g/mol. The standard InChI is InChI=1S/C17H26N2O6S/c1-9(2)15(22)11(17(24)25)8-26-12-7-14(21)19(16(12)23)6-5-13(20)18-10(3)4/h9-12H,5-8H2,1-4H3,(H,18,20)(H,24,25). The molecule has 8 nitrogen and oxygen atoms in total. The fraction of sp³-hybridized carbons (Fsp3) is 0.706. The molecule has 9 heteroatoms. The number of likely N-dealkylation sites (tertiary alicyclic amines) is 1. The summed E-state index contributed by atoms with van der Waals surface area (Å²) in [6.45, 7) is 6.87. The number of amides is 3. The van der Waals surface area contributed by atoms with Gasteiger partial charge >= 0.3 is 5.97 Å². The molecule has 146 valence electrons. The van der Waals surface area contributed by atoms with Crippen molar-refractivity contribution in [1.29, 1.82) is 0 Å². The molecule has 0 spiro atoms. The minimum Gasteiger partial charge on any atom is -0.481 e. The average Bonchev–Trinajstić information content (AvgIpc) is 2.78. The molecule has 2 unspecified atom stereocenters. The fourth-order valence-corrected chi connectivity index (χ4v) is 3.78. The van der Waals surface area contributed by atoms with Crippen LogP contribution in [0.2, 0.25) is 0 Å². The highest BCUT2D eigenvalue weighted by atomic mass is 32.2. The van der Waals surface area contributed by atoms with Crippen LogP contribution in [-0.2, 0) is 24.0 Å². The number of carboxylic acids is 1. The van der Waals surface area contributed by atoms with Crippen molar-refractivity contribution in [3.8, 4) is 0 Å². The van der Waals surface area contributed by atoms with E-state index in [1.807, 2.05) is 13.8 Å². The Labute approximate surface area is 157 Å². The molecule has 1 saturated heterocycles. The molecule has 1 fully saturated rings. The Morgan fingerprint density at radius 1 is 1.23 bits per heavy atom. The zero-order valence-corrected chi connectivity index (χ0v) is 16.3. The first-order valence-electron chi connectivity index (χ1n) is 8.56. The molecule has 0 bridgehead atoms. The number of imide groups is 1. The summed E-state index contributed by atoms with van der Waals surface area (Å²) in [6, 6.07) is -0.0257. The molecular formula is C17H26N2O6S. The van der Waals surface area contributed by atoms with Gasteiger partial charge in [-0.3, -0.25) is 28.9 Å². The second kappa shape index (κ2) is 9.70. The molecule has 0 aromatic carbocycles. The van der Waals surface area contributed by atoms with Crippen molar-refractivity contribution in [3.63, 3.8) is 0 Å². The van der Waals surface area contributed by atoms with E-state index in [-0.39, 0.29) is 43.0 Å². The molecule has 0 aliphatic carbocycles. The van der Waals surface area contributed by atoms with Gasteiger partial charge < -0.3 is 10.4 Å². The van der Waals surface area contributed by atoms with Crippen molar-refractivity contribution >= 4 is 41.2 Å². The number of nitrogens with zero attached hydrogens (tertiary/aromatic N) is 1. The van der Waals surface area contributed by atoms with Gasteiger partial charge in [0.05, 0.1) is 5.25 Å². The maximum absolute atomic E-state index is 12.4. The molecule has 2 atom stereocenters. The van der Waals surface area contributed by atoms with Crippen molar-refractivity contribution in [2.45, 2.75) is 51.8 Å². The van der Waals surface area contributed by atoms with Gasteiger partial charge in [-0.25, -0.2) is 0 Å². The number of aliphatic carboxylic acids is 1. The summed E-state index contributed by atoms with van der Waals surface area (Å²) in [6.07, 6.45) is -0.0197. The van der Waals surface area contributed by atoms with Crippen LogP contribution in [0.4, 0.5) is 0 Å². The lowest BCUT2D eigenvalue weighted by Crippen LogP contribution is -2.37. The summed E-state index contributed by atoms with van der Waals surface area (Å²) in [5.74, 6) is -4.37. The van der Waals surface area contributed by atoms with Crippen LogP contribution in [-0.4, -0.2) is 63.1 Å². The highest BCUT2D eigenvalue weighted by Gasteiger charge is 2.40. The predicted octanol–water partition coefficient (Wildman–Crippen LogP) is 0.688. The first kappa shape index (κ1) is 22.1. The summed E-state index contributed by atoms with van der Waals surface area (Å²) in [5, 5.41) is 11.2. The number of Topliss-reactive ketones (excluding diaryl/α,β-unsaturated/α-hetero) is 1. The van der Waals surface area contributed by atoms with E-state index in [9.17, 15) is 29.1 Å². The lowest BCUT2D eigenvalue weighted by atomic mass is 9.97. The lowest BCUT2D eigenvalue weighted by molar-refractivity contribution is -0.146. The number of hydrogen-bond donors (Lipinski definition) is 2. The minimum absolute atomic E-state index is 0.000559. The number of rotatable bonds is 10. The van der Waals surface area contributed by atoms with E-state index in [4.69, 9.17) is 0 Å². The van der Waals surface area contributed by atoms with Crippen molar-refractivity contribution in [1.82, 2.24) is 10.2 Å². The second-order valence-corrected chi connectivity index (χ2v) is 8.07. The Kier molecular flexibility index (Phi) is 8.26. The molecule has 0 aromatic rings. The summed E-state index contributed by atoms with van der Waals surface area (Å²) < 4.78 is 0. The second-order valence-electron chi connectivity index (χ2n) is 6.83. The quantitative estimate of drug-likeness (QED) is 0.418. The van der Waals surface area contributed by atoms with Gasteiger partial charge in [-0.15, -0.1) is 11.8 Å². The molecular weight excluding hydrogens is 360 g/mol. The van der Waals surface area contributed by atoms with Crippen LogP contribution in [0.1, 0.15) is 40.5 Å². The van der Waals surface area contributed by atoms with Crippen molar-refractivity contribution < 1.29 is 29.1 Å². The molecule has 0 radical (unpaired) electrons. The molecule has 26 heavy (non-hydrogen) atoms. The maximum Gasteiger partial charge on any atom is 0.314 e. The Morgan fingerprint density at radius 3 is 2.35 bits per heavy atom. The maximum atomic E-state index is 12.4. The first-order valence-corrected chi connectivity index (χ1v) is 9.61. The number of ketones is 1. The normalized spacial score (nSPS) is 18.5. The van der Waals surface area contributed by atoms with Gasteiger partial charge in [-0.1, -0.05) is 13.8 Å². The third kappa shape index (κ3) is 6.12. The summed E-state index contributed by atoms with van der Waals surface area (Å²) in [7, 11) is 0. The number of carbonyl (C=O) groups excluding carboxylic acids is 4. The molecule has 2 N–H and O–H groups in total. The molecule has 0 saturated carbocycles. The van der Waals surface area contributed by atoms with Gasteiger partial charge in [0.1, 0.15) is 11.7 Å². The third-order valence-electron chi connectivity index (χ3n) is 3.89. The molecule has 1 aliphatic rings. The minimum atomic E-state index is -1.23. The van der Waals surface area contributed by atoms with Crippen LogP contribution in [0.3, 0.4) is 0 Å². The number of hydrogen-bond acceptors (Lipinski definition) is 6. The number of carbonyl (C=O) groups is 5. The smallest absolute Gasteiger partial charge is 0.314 e. The van der Waals surface area contributed by atoms with E-state index in [0.717, 1.165) is 16.7 Å². The Bertz CT molecular complexity index is 590. The van der Waals surface area contributed by atoms with Crippen molar-refractivity contribution in [2.75, 3.05) is 12.3 Å². The zero-order chi connectivity index (χ0) is 20.0. The molecule has 3 amide bonds. The molecule has 0 aromatic heterocycles. The van der Waals surface area contributed by atoms with Crippen LogP contribution in [0, 0.1) is 11.8 Å². The molecule has 1 aliphatic heterocycles. The largest absolute Gasteiger partial charge is 0.481 e. The predicted molar refractivity (Wildman–Crippen MR) is 96.4 cm³/mol. The van der Waals surface area contributed by atoms with Gasteiger partial charge in [0, 0.05) is 37.1 Å².